The van der Waals surface area contributed by atoms with Gasteiger partial charge in [-0.05, 0) is 18.6 Å². The third-order valence-electron chi connectivity index (χ3n) is 2.05. The molecule has 0 saturated carbocycles. The Morgan fingerprint density at radius 3 is 2.40 bits per heavy atom. The smallest absolute Gasteiger partial charge is 0.207 e. The summed E-state index contributed by atoms with van der Waals surface area (Å²) in [5.41, 5.74) is 0. The number of alkyl halides is 1. The van der Waals surface area contributed by atoms with Crippen molar-refractivity contribution >= 4 is 26.0 Å². The lowest BCUT2D eigenvalue weighted by atomic mass is 10.3. The van der Waals surface area contributed by atoms with E-state index in [0.717, 1.165) is 6.42 Å². The summed E-state index contributed by atoms with van der Waals surface area (Å²) in [6.07, 6.45) is 0.761. The Morgan fingerprint density at radius 2 is 1.93 bits per heavy atom. The van der Waals surface area contributed by atoms with Gasteiger partial charge in [0.2, 0.25) is 10.0 Å². The molecule has 1 rings (SSSR count). The van der Waals surface area contributed by atoms with Crippen LogP contribution in [0, 0.1) is 0 Å². The van der Waals surface area contributed by atoms with E-state index in [-0.39, 0.29) is 6.04 Å². The quantitative estimate of drug-likeness (QED) is 0.845. The Bertz CT molecular complexity index is 387. The largest absolute Gasteiger partial charge is 0.240 e. The summed E-state index contributed by atoms with van der Waals surface area (Å²) in [4.78, 5) is 0.310. The molecule has 0 radical (unpaired) electrons. The highest BCUT2D eigenvalue weighted by Crippen LogP contribution is 2.09. The molecule has 0 fully saturated rings. The van der Waals surface area contributed by atoms with Gasteiger partial charge in [0.25, 0.3) is 0 Å². The van der Waals surface area contributed by atoms with Crippen molar-refractivity contribution in [3.05, 3.63) is 30.3 Å². The molecular formula is C10H14BrNO2S. The van der Waals surface area contributed by atoms with E-state index in [0.29, 0.717) is 10.2 Å². The molecule has 1 aromatic carbocycles. The molecule has 1 aromatic rings. The van der Waals surface area contributed by atoms with E-state index in [1.54, 1.807) is 30.3 Å². The molecule has 0 bridgehead atoms. The summed E-state index contributed by atoms with van der Waals surface area (Å²) in [6.45, 7) is 1.94. The van der Waals surface area contributed by atoms with Crippen LogP contribution in [-0.4, -0.2) is 19.8 Å². The van der Waals surface area contributed by atoms with Gasteiger partial charge in [-0.3, -0.25) is 0 Å². The fourth-order valence-corrected chi connectivity index (χ4v) is 3.29. The molecule has 1 unspecified atom stereocenters. The zero-order valence-electron chi connectivity index (χ0n) is 8.48. The fraction of sp³-hybridized carbons (Fsp3) is 0.400. The van der Waals surface area contributed by atoms with Gasteiger partial charge in [-0.15, -0.1) is 0 Å². The Kier molecular flexibility index (Phi) is 4.76. The number of halogens is 1. The molecule has 0 aromatic heterocycles. The van der Waals surface area contributed by atoms with Crippen LogP contribution in [0.25, 0.3) is 0 Å². The van der Waals surface area contributed by atoms with Crippen LogP contribution in [0.4, 0.5) is 0 Å². The van der Waals surface area contributed by atoms with Gasteiger partial charge in [0.05, 0.1) is 4.90 Å². The molecule has 1 atom stereocenters. The normalized spacial score (nSPS) is 13.7. The zero-order valence-corrected chi connectivity index (χ0v) is 10.9. The second-order valence-corrected chi connectivity index (χ2v) is 5.56. The van der Waals surface area contributed by atoms with E-state index in [9.17, 15) is 8.42 Å². The minimum atomic E-state index is -3.36. The molecule has 84 valence electrons. The lowest BCUT2D eigenvalue weighted by Crippen LogP contribution is -2.35. The Balaban J connectivity index is 2.85. The van der Waals surface area contributed by atoms with E-state index in [1.165, 1.54) is 0 Å². The van der Waals surface area contributed by atoms with Gasteiger partial charge in [0, 0.05) is 11.4 Å². The van der Waals surface area contributed by atoms with Crippen molar-refractivity contribution in [3.8, 4) is 0 Å². The van der Waals surface area contributed by atoms with Gasteiger partial charge in [-0.2, -0.15) is 0 Å². The maximum Gasteiger partial charge on any atom is 0.240 e. The first-order valence-corrected chi connectivity index (χ1v) is 7.34. The van der Waals surface area contributed by atoms with Gasteiger partial charge in [-0.1, -0.05) is 41.1 Å². The minimum Gasteiger partial charge on any atom is -0.207 e. The molecule has 1 N–H and O–H groups in total. The Morgan fingerprint density at radius 1 is 1.33 bits per heavy atom. The number of hydrogen-bond donors (Lipinski definition) is 1. The molecule has 3 nitrogen and oxygen atoms in total. The van der Waals surface area contributed by atoms with Gasteiger partial charge in [0.15, 0.2) is 0 Å². The summed E-state index contributed by atoms with van der Waals surface area (Å²) in [6, 6.07) is 8.33. The standard InChI is InChI=1S/C10H14BrNO2S/c1-2-9(8-11)12-15(13,14)10-6-4-3-5-7-10/h3-7,9,12H,2,8H2,1H3. The van der Waals surface area contributed by atoms with Crippen LogP contribution in [0.2, 0.25) is 0 Å². The molecule has 15 heavy (non-hydrogen) atoms. The van der Waals surface area contributed by atoms with E-state index in [2.05, 4.69) is 20.7 Å². The van der Waals surface area contributed by atoms with Crippen LogP contribution in [0.3, 0.4) is 0 Å². The maximum absolute atomic E-state index is 11.8. The number of benzene rings is 1. The van der Waals surface area contributed by atoms with E-state index in [1.807, 2.05) is 6.92 Å². The molecule has 0 spiro atoms. The van der Waals surface area contributed by atoms with Crippen molar-refractivity contribution in [1.82, 2.24) is 4.72 Å². The highest BCUT2D eigenvalue weighted by atomic mass is 79.9. The molecule has 5 heteroatoms. The van der Waals surface area contributed by atoms with Crippen LogP contribution in [0.5, 0.6) is 0 Å². The molecule has 0 heterocycles. The molecule has 0 aliphatic carbocycles. The first-order chi connectivity index (χ1) is 7.10. The highest BCUT2D eigenvalue weighted by Gasteiger charge is 2.17. The molecule has 0 aliphatic rings. The van der Waals surface area contributed by atoms with E-state index in [4.69, 9.17) is 0 Å². The van der Waals surface area contributed by atoms with Crippen molar-refractivity contribution < 1.29 is 8.42 Å². The van der Waals surface area contributed by atoms with Crippen molar-refractivity contribution in [1.29, 1.82) is 0 Å². The molecular weight excluding hydrogens is 278 g/mol. The lowest BCUT2D eigenvalue weighted by molar-refractivity contribution is 0.559. The number of hydrogen-bond acceptors (Lipinski definition) is 2. The first kappa shape index (κ1) is 12.7. The third kappa shape index (κ3) is 3.59. The highest BCUT2D eigenvalue weighted by molar-refractivity contribution is 9.09. The predicted molar refractivity (Wildman–Crippen MR) is 64.6 cm³/mol. The molecule has 0 saturated heterocycles. The minimum absolute atomic E-state index is 0.0600. The van der Waals surface area contributed by atoms with Gasteiger partial charge in [-0.25, -0.2) is 13.1 Å². The Hall–Kier alpha value is -0.390. The van der Waals surface area contributed by atoms with Crippen molar-refractivity contribution in [2.75, 3.05) is 5.33 Å². The Labute approximate surface area is 99.1 Å². The number of rotatable bonds is 5. The van der Waals surface area contributed by atoms with E-state index >= 15 is 0 Å². The van der Waals surface area contributed by atoms with E-state index < -0.39 is 10.0 Å². The average molecular weight is 292 g/mol. The lowest BCUT2D eigenvalue weighted by Gasteiger charge is -2.13. The van der Waals surface area contributed by atoms with Crippen molar-refractivity contribution in [2.45, 2.75) is 24.3 Å². The zero-order chi connectivity index (χ0) is 11.3. The van der Waals surface area contributed by atoms with Gasteiger partial charge < -0.3 is 0 Å². The first-order valence-electron chi connectivity index (χ1n) is 4.73. The fourth-order valence-electron chi connectivity index (χ4n) is 1.11. The van der Waals surface area contributed by atoms with Crippen LogP contribution in [0.15, 0.2) is 35.2 Å². The predicted octanol–water partition coefficient (Wildman–Crippen LogP) is 2.14. The van der Waals surface area contributed by atoms with Crippen LogP contribution >= 0.6 is 15.9 Å². The van der Waals surface area contributed by atoms with Gasteiger partial charge in [0.1, 0.15) is 0 Å². The van der Waals surface area contributed by atoms with Gasteiger partial charge >= 0.3 is 0 Å². The summed E-state index contributed by atoms with van der Waals surface area (Å²) in [7, 11) is -3.36. The average Bonchev–Trinajstić information content (AvgIpc) is 2.27. The summed E-state index contributed by atoms with van der Waals surface area (Å²) in [5.74, 6) is 0. The topological polar surface area (TPSA) is 46.2 Å². The van der Waals surface area contributed by atoms with Crippen LogP contribution in [0.1, 0.15) is 13.3 Å². The summed E-state index contributed by atoms with van der Waals surface area (Å²) < 4.78 is 26.3. The van der Waals surface area contributed by atoms with Crippen molar-refractivity contribution in [3.63, 3.8) is 0 Å². The summed E-state index contributed by atoms with van der Waals surface area (Å²) in [5, 5.41) is 0.621. The number of nitrogens with one attached hydrogen (secondary N) is 1. The molecule has 0 amide bonds. The van der Waals surface area contributed by atoms with Crippen LogP contribution < -0.4 is 4.72 Å². The number of sulfonamides is 1. The third-order valence-corrected chi connectivity index (χ3v) is 4.37. The molecule has 0 aliphatic heterocycles. The second kappa shape index (κ2) is 5.63. The summed E-state index contributed by atoms with van der Waals surface area (Å²) >= 11 is 3.27. The maximum atomic E-state index is 11.8. The van der Waals surface area contributed by atoms with Crippen molar-refractivity contribution in [2.24, 2.45) is 0 Å². The second-order valence-electron chi connectivity index (χ2n) is 3.19. The SMILES string of the molecule is CCC(CBr)NS(=O)(=O)c1ccccc1. The monoisotopic (exact) mass is 291 g/mol. The van der Waals surface area contributed by atoms with Crippen LogP contribution in [-0.2, 0) is 10.0 Å².